The van der Waals surface area contributed by atoms with Gasteiger partial charge in [0.1, 0.15) is 5.76 Å². The summed E-state index contributed by atoms with van der Waals surface area (Å²) < 4.78 is 16.3. The molecule has 3 amide bonds. The predicted molar refractivity (Wildman–Crippen MR) is 127 cm³/mol. The summed E-state index contributed by atoms with van der Waals surface area (Å²) in [6, 6.07) is 9.11. The Kier molecular flexibility index (Phi) is 6.12. The molecule has 9 nitrogen and oxygen atoms in total. The van der Waals surface area contributed by atoms with E-state index in [1.807, 2.05) is 17.5 Å². The Balaban J connectivity index is 1.15. The number of oxazole rings is 1. The van der Waals surface area contributed by atoms with Gasteiger partial charge in [-0.3, -0.25) is 19.3 Å². The molecule has 0 aliphatic carbocycles. The van der Waals surface area contributed by atoms with Crippen LogP contribution in [-0.4, -0.2) is 46.8 Å². The SMILES string of the molecule is Cc1oc(-c2cccs2)nc1CC(=O)NCCN1C(=O)S/C(=C/c2ccc3c(c2)OCO3)C1=O. The molecule has 3 aromatic rings. The first-order chi connectivity index (χ1) is 16.5. The van der Waals surface area contributed by atoms with Crippen molar-refractivity contribution in [3.05, 3.63) is 57.6 Å². The molecule has 1 fully saturated rings. The minimum absolute atomic E-state index is 0.0482. The van der Waals surface area contributed by atoms with E-state index in [1.54, 1.807) is 31.2 Å². The van der Waals surface area contributed by atoms with Crippen molar-refractivity contribution in [3.8, 4) is 22.3 Å². The summed E-state index contributed by atoms with van der Waals surface area (Å²) in [4.78, 5) is 44.2. The number of hydrogen-bond donors (Lipinski definition) is 1. The summed E-state index contributed by atoms with van der Waals surface area (Å²) in [7, 11) is 0. The Bertz CT molecular complexity index is 1300. The molecule has 0 bridgehead atoms. The normalized spacial score (nSPS) is 16.0. The highest BCUT2D eigenvalue weighted by Gasteiger charge is 2.34. The minimum atomic E-state index is -0.394. The van der Waals surface area contributed by atoms with E-state index in [1.165, 1.54) is 11.3 Å². The maximum Gasteiger partial charge on any atom is 0.293 e. The summed E-state index contributed by atoms with van der Waals surface area (Å²) in [5, 5.41) is 4.29. The third-order valence-corrected chi connectivity index (χ3v) is 6.94. The van der Waals surface area contributed by atoms with Crippen molar-refractivity contribution in [2.75, 3.05) is 19.9 Å². The summed E-state index contributed by atoms with van der Waals surface area (Å²) in [5.41, 5.74) is 1.28. The first kappa shape index (κ1) is 22.2. The number of nitrogens with zero attached hydrogens (tertiary/aromatic N) is 2. The topological polar surface area (TPSA) is 111 Å². The largest absolute Gasteiger partial charge is 0.454 e. The lowest BCUT2D eigenvalue weighted by Crippen LogP contribution is -2.37. The van der Waals surface area contributed by atoms with Crippen LogP contribution in [0.1, 0.15) is 17.0 Å². The minimum Gasteiger partial charge on any atom is -0.454 e. The van der Waals surface area contributed by atoms with Gasteiger partial charge in [-0.15, -0.1) is 11.3 Å². The maximum absolute atomic E-state index is 12.7. The molecule has 5 rings (SSSR count). The number of imide groups is 1. The molecule has 0 atom stereocenters. The lowest BCUT2D eigenvalue weighted by Gasteiger charge is -2.12. The van der Waals surface area contributed by atoms with Gasteiger partial charge in [-0.25, -0.2) is 4.98 Å². The molecule has 4 heterocycles. The van der Waals surface area contributed by atoms with E-state index in [4.69, 9.17) is 13.9 Å². The van der Waals surface area contributed by atoms with Gasteiger partial charge in [0.2, 0.25) is 18.6 Å². The van der Waals surface area contributed by atoms with Crippen molar-refractivity contribution in [2.24, 2.45) is 0 Å². The van der Waals surface area contributed by atoms with E-state index in [0.717, 1.165) is 27.1 Å². The molecule has 2 aliphatic heterocycles. The van der Waals surface area contributed by atoms with Gasteiger partial charge in [-0.1, -0.05) is 12.1 Å². The summed E-state index contributed by atoms with van der Waals surface area (Å²) in [5.74, 6) is 1.65. The molecule has 174 valence electrons. The number of hydrogen-bond acceptors (Lipinski definition) is 9. The van der Waals surface area contributed by atoms with Gasteiger partial charge in [-0.2, -0.15) is 0 Å². The molecule has 11 heteroatoms. The highest BCUT2D eigenvalue weighted by atomic mass is 32.2. The molecule has 0 radical (unpaired) electrons. The van der Waals surface area contributed by atoms with E-state index in [9.17, 15) is 14.4 Å². The van der Waals surface area contributed by atoms with Crippen LogP contribution in [0.3, 0.4) is 0 Å². The number of amides is 3. The van der Waals surface area contributed by atoms with Crippen LogP contribution in [0.15, 0.2) is 45.0 Å². The van der Waals surface area contributed by atoms with Crippen LogP contribution in [0.25, 0.3) is 16.8 Å². The lowest BCUT2D eigenvalue weighted by molar-refractivity contribution is -0.124. The maximum atomic E-state index is 12.7. The van der Waals surface area contributed by atoms with Crippen molar-refractivity contribution >= 4 is 46.2 Å². The van der Waals surface area contributed by atoms with E-state index in [-0.39, 0.29) is 37.4 Å². The predicted octanol–water partition coefficient (Wildman–Crippen LogP) is 3.84. The Hall–Kier alpha value is -3.57. The van der Waals surface area contributed by atoms with Crippen molar-refractivity contribution in [2.45, 2.75) is 13.3 Å². The number of thioether (sulfide) groups is 1. The Morgan fingerprint density at radius 2 is 2.09 bits per heavy atom. The average molecular weight is 498 g/mol. The van der Waals surface area contributed by atoms with Crippen LogP contribution in [0.2, 0.25) is 0 Å². The first-order valence-electron chi connectivity index (χ1n) is 10.4. The third kappa shape index (κ3) is 4.57. The molecule has 0 saturated carbocycles. The van der Waals surface area contributed by atoms with E-state index >= 15 is 0 Å². The van der Waals surface area contributed by atoms with Gasteiger partial charge < -0.3 is 19.2 Å². The lowest BCUT2D eigenvalue weighted by atomic mass is 10.2. The molecule has 2 aromatic heterocycles. The van der Waals surface area contributed by atoms with Crippen LogP contribution in [0.5, 0.6) is 11.5 Å². The fourth-order valence-electron chi connectivity index (χ4n) is 3.47. The summed E-state index contributed by atoms with van der Waals surface area (Å²) in [6.45, 7) is 2.14. The molecule has 34 heavy (non-hydrogen) atoms. The monoisotopic (exact) mass is 497 g/mol. The van der Waals surface area contributed by atoms with Crippen molar-refractivity contribution in [1.29, 1.82) is 0 Å². The zero-order valence-corrected chi connectivity index (χ0v) is 19.7. The highest BCUT2D eigenvalue weighted by Crippen LogP contribution is 2.36. The summed E-state index contributed by atoms with van der Waals surface area (Å²) in [6.07, 6.45) is 1.69. The Morgan fingerprint density at radius 3 is 2.91 bits per heavy atom. The van der Waals surface area contributed by atoms with Crippen LogP contribution >= 0.6 is 23.1 Å². The average Bonchev–Trinajstić information content (AvgIpc) is 3.60. The molecular formula is C23H19N3O6S2. The van der Waals surface area contributed by atoms with E-state index in [2.05, 4.69) is 10.3 Å². The smallest absolute Gasteiger partial charge is 0.293 e. The zero-order chi connectivity index (χ0) is 23.7. The third-order valence-electron chi connectivity index (χ3n) is 5.18. The van der Waals surface area contributed by atoms with Gasteiger partial charge in [0.25, 0.3) is 11.1 Å². The van der Waals surface area contributed by atoms with Crippen LogP contribution < -0.4 is 14.8 Å². The van der Waals surface area contributed by atoms with Crippen molar-refractivity contribution < 1.29 is 28.3 Å². The summed E-state index contributed by atoms with van der Waals surface area (Å²) >= 11 is 2.37. The van der Waals surface area contributed by atoms with Crippen LogP contribution in [-0.2, 0) is 16.0 Å². The number of ether oxygens (including phenoxy) is 2. The number of fused-ring (bicyclic) bond motifs is 1. The van der Waals surface area contributed by atoms with Crippen LogP contribution in [0, 0.1) is 6.92 Å². The fourth-order valence-corrected chi connectivity index (χ4v) is 4.98. The number of aromatic nitrogens is 1. The number of benzene rings is 1. The number of nitrogens with one attached hydrogen (secondary N) is 1. The highest BCUT2D eigenvalue weighted by molar-refractivity contribution is 8.18. The van der Waals surface area contributed by atoms with Crippen molar-refractivity contribution in [1.82, 2.24) is 15.2 Å². The number of carbonyl (C=O) groups excluding carboxylic acids is 3. The number of carbonyl (C=O) groups is 3. The molecule has 1 N–H and O–H groups in total. The molecule has 0 spiro atoms. The van der Waals surface area contributed by atoms with Gasteiger partial charge in [0.05, 0.1) is 21.9 Å². The van der Waals surface area contributed by atoms with Gasteiger partial charge in [-0.05, 0) is 53.9 Å². The van der Waals surface area contributed by atoms with E-state index in [0.29, 0.717) is 33.7 Å². The molecular weight excluding hydrogens is 478 g/mol. The second kappa shape index (κ2) is 9.35. The number of aryl methyl sites for hydroxylation is 1. The number of rotatable bonds is 7. The van der Waals surface area contributed by atoms with Gasteiger partial charge in [0, 0.05) is 13.1 Å². The first-order valence-corrected chi connectivity index (χ1v) is 12.1. The second-order valence-electron chi connectivity index (χ2n) is 7.47. The fraction of sp³-hybridized carbons (Fsp3) is 0.217. The zero-order valence-electron chi connectivity index (χ0n) is 18.0. The standard InChI is InChI=1S/C23H19N3O6S2/c1-13-15(25-21(32-13)18-3-2-8-33-18)11-20(27)24-6-7-26-22(28)19(34-23(26)29)10-14-4-5-16-17(9-14)31-12-30-16/h2-5,8-10H,6-7,11-12H2,1H3,(H,24,27)/b19-10+. The Morgan fingerprint density at radius 1 is 1.24 bits per heavy atom. The molecule has 2 aliphatic rings. The van der Waals surface area contributed by atoms with Gasteiger partial charge >= 0.3 is 0 Å². The Labute approximate surface area is 202 Å². The van der Waals surface area contributed by atoms with E-state index < -0.39 is 5.91 Å². The number of thiophene rings is 1. The van der Waals surface area contributed by atoms with Crippen molar-refractivity contribution in [3.63, 3.8) is 0 Å². The molecule has 0 unspecified atom stereocenters. The van der Waals surface area contributed by atoms with Crippen LogP contribution in [0.4, 0.5) is 4.79 Å². The quantitative estimate of drug-likeness (QED) is 0.490. The molecule has 1 saturated heterocycles. The second-order valence-corrected chi connectivity index (χ2v) is 9.41. The molecule has 1 aromatic carbocycles. The van der Waals surface area contributed by atoms with Gasteiger partial charge in [0.15, 0.2) is 11.5 Å².